The molecule has 1 aliphatic heterocycles. The Labute approximate surface area is 109 Å². The third kappa shape index (κ3) is 2.49. The van der Waals surface area contributed by atoms with E-state index in [0.717, 1.165) is 13.7 Å². The summed E-state index contributed by atoms with van der Waals surface area (Å²) < 4.78 is 1.93. The molecule has 0 aromatic carbocycles. The molecule has 0 radical (unpaired) electrons. The number of hydrogen-bond acceptors (Lipinski definition) is 4. The number of aliphatic carboxylic acids is 1. The van der Waals surface area contributed by atoms with Gasteiger partial charge in [-0.05, 0) is 34.2 Å². The molecule has 6 heteroatoms. The zero-order chi connectivity index (χ0) is 11.7. The summed E-state index contributed by atoms with van der Waals surface area (Å²) in [7, 11) is 0. The van der Waals surface area contributed by atoms with Gasteiger partial charge in [0.1, 0.15) is 0 Å². The van der Waals surface area contributed by atoms with Crippen LogP contribution in [0.5, 0.6) is 0 Å². The third-order valence-corrected chi connectivity index (χ3v) is 5.38. The first-order valence-electron chi connectivity index (χ1n) is 4.76. The summed E-state index contributed by atoms with van der Waals surface area (Å²) >= 11 is 6.53. The molecule has 0 fully saturated rings. The van der Waals surface area contributed by atoms with Crippen molar-refractivity contribution < 1.29 is 14.7 Å². The van der Waals surface area contributed by atoms with Crippen LogP contribution in [0.3, 0.4) is 0 Å². The van der Waals surface area contributed by atoms with Crippen molar-refractivity contribution in [3.05, 3.63) is 15.4 Å². The first kappa shape index (κ1) is 12.1. The molecule has 1 atom stereocenters. The molecule has 0 aliphatic carbocycles. The van der Waals surface area contributed by atoms with Crippen molar-refractivity contribution in [3.8, 4) is 0 Å². The Kier molecular flexibility index (Phi) is 3.71. The minimum Gasteiger partial charge on any atom is -0.481 e. The minimum atomic E-state index is -0.902. The monoisotopic (exact) mass is 320 g/mol. The highest BCUT2D eigenvalue weighted by Crippen LogP contribution is 2.40. The summed E-state index contributed by atoms with van der Waals surface area (Å²) in [5.74, 6) is -0.484. The topological polar surface area (TPSA) is 54.4 Å². The van der Waals surface area contributed by atoms with Gasteiger partial charge in [-0.2, -0.15) is 0 Å². The van der Waals surface area contributed by atoms with Crippen molar-refractivity contribution >= 4 is 50.8 Å². The zero-order valence-corrected chi connectivity index (χ0v) is 11.5. The number of carboxylic acid groups (broad SMARTS) is 1. The number of fused-ring (bicyclic) bond motifs is 1. The van der Waals surface area contributed by atoms with Gasteiger partial charge in [-0.25, -0.2) is 0 Å². The quantitative estimate of drug-likeness (QED) is 0.908. The van der Waals surface area contributed by atoms with Gasteiger partial charge in [-0.15, -0.1) is 23.1 Å². The number of ketones is 1. The Morgan fingerprint density at radius 2 is 2.38 bits per heavy atom. The van der Waals surface area contributed by atoms with Gasteiger partial charge >= 0.3 is 5.97 Å². The molecule has 0 bridgehead atoms. The van der Waals surface area contributed by atoms with Crippen molar-refractivity contribution in [1.82, 2.24) is 0 Å². The van der Waals surface area contributed by atoms with Crippen LogP contribution in [-0.4, -0.2) is 22.6 Å². The molecule has 0 saturated carbocycles. The SMILES string of the molecule is O=C(O)CC1CCSc2sc(Br)cc2C1=O. The van der Waals surface area contributed by atoms with Crippen LogP contribution >= 0.6 is 39.0 Å². The first-order chi connectivity index (χ1) is 7.58. The van der Waals surface area contributed by atoms with Crippen LogP contribution in [0.2, 0.25) is 0 Å². The molecule has 2 rings (SSSR count). The third-order valence-electron chi connectivity index (χ3n) is 2.42. The average molecular weight is 321 g/mol. The van der Waals surface area contributed by atoms with Crippen molar-refractivity contribution in [2.24, 2.45) is 5.92 Å². The van der Waals surface area contributed by atoms with E-state index in [2.05, 4.69) is 15.9 Å². The van der Waals surface area contributed by atoms with E-state index in [1.165, 1.54) is 11.3 Å². The summed E-state index contributed by atoms with van der Waals surface area (Å²) in [4.78, 5) is 22.8. The normalized spacial score (nSPS) is 20.3. The van der Waals surface area contributed by atoms with E-state index in [4.69, 9.17) is 5.11 Å². The molecule has 86 valence electrons. The molecule has 2 heterocycles. The second-order valence-corrected chi connectivity index (χ2v) is 7.34. The lowest BCUT2D eigenvalue weighted by atomic mass is 9.94. The molecule has 16 heavy (non-hydrogen) atoms. The number of hydrogen-bond donors (Lipinski definition) is 1. The van der Waals surface area contributed by atoms with Gasteiger partial charge in [0.15, 0.2) is 5.78 Å². The largest absolute Gasteiger partial charge is 0.481 e. The minimum absolute atomic E-state index is 0.0237. The smallest absolute Gasteiger partial charge is 0.304 e. The summed E-state index contributed by atoms with van der Waals surface area (Å²) in [6.07, 6.45) is 0.584. The number of thioether (sulfide) groups is 1. The number of carbonyl (C=O) groups is 2. The molecule has 1 aromatic rings. The van der Waals surface area contributed by atoms with Gasteiger partial charge in [0.25, 0.3) is 0 Å². The fraction of sp³-hybridized carbons (Fsp3) is 0.400. The lowest BCUT2D eigenvalue weighted by Crippen LogP contribution is -2.17. The van der Waals surface area contributed by atoms with E-state index in [1.54, 1.807) is 17.8 Å². The molecule has 0 amide bonds. The van der Waals surface area contributed by atoms with Crippen molar-refractivity contribution in [3.63, 3.8) is 0 Å². The van der Waals surface area contributed by atoms with Crippen LogP contribution in [0, 0.1) is 5.92 Å². The van der Waals surface area contributed by atoms with Gasteiger partial charge in [0, 0.05) is 11.5 Å². The van der Waals surface area contributed by atoms with Crippen molar-refractivity contribution in [1.29, 1.82) is 0 Å². The Bertz CT molecular complexity index is 441. The molecular weight excluding hydrogens is 312 g/mol. The second-order valence-electron chi connectivity index (χ2n) is 3.55. The Morgan fingerprint density at radius 1 is 1.62 bits per heavy atom. The summed E-state index contributed by atoms with van der Waals surface area (Å²) in [5, 5.41) is 8.76. The second kappa shape index (κ2) is 4.89. The van der Waals surface area contributed by atoms with Crippen LogP contribution in [-0.2, 0) is 4.79 Å². The number of halogens is 1. The van der Waals surface area contributed by atoms with Gasteiger partial charge in [0.2, 0.25) is 0 Å². The summed E-state index contributed by atoms with van der Waals surface area (Å²) in [6.45, 7) is 0. The first-order valence-corrected chi connectivity index (χ1v) is 7.35. The van der Waals surface area contributed by atoms with Gasteiger partial charge < -0.3 is 5.11 Å². The van der Waals surface area contributed by atoms with E-state index in [9.17, 15) is 9.59 Å². The Morgan fingerprint density at radius 3 is 3.06 bits per heavy atom. The van der Waals surface area contributed by atoms with Crippen LogP contribution < -0.4 is 0 Å². The van der Waals surface area contributed by atoms with Crippen LogP contribution in [0.25, 0.3) is 0 Å². The molecule has 1 unspecified atom stereocenters. The summed E-state index contributed by atoms with van der Waals surface area (Å²) in [6, 6.07) is 1.80. The van der Waals surface area contributed by atoms with Crippen molar-refractivity contribution in [2.75, 3.05) is 5.75 Å². The van der Waals surface area contributed by atoms with Crippen LogP contribution in [0.1, 0.15) is 23.2 Å². The van der Waals surface area contributed by atoms with Crippen LogP contribution in [0.4, 0.5) is 0 Å². The standard InChI is InChI=1S/C10H9BrO3S2/c11-7-4-6-9(14)5(3-8(12)13)1-2-15-10(6)16-7/h4-5H,1-3H2,(H,12,13). The Hall–Kier alpha value is -0.330. The average Bonchev–Trinajstić information content (AvgIpc) is 2.50. The van der Waals surface area contributed by atoms with Gasteiger partial charge in [-0.1, -0.05) is 0 Å². The molecule has 0 saturated heterocycles. The predicted molar refractivity (Wildman–Crippen MR) is 67.4 cm³/mol. The fourth-order valence-corrected chi connectivity index (χ4v) is 4.99. The lowest BCUT2D eigenvalue weighted by molar-refractivity contribution is -0.137. The van der Waals surface area contributed by atoms with Gasteiger partial charge in [-0.3, -0.25) is 9.59 Å². The van der Waals surface area contributed by atoms with E-state index >= 15 is 0 Å². The number of carboxylic acids is 1. The highest BCUT2D eigenvalue weighted by atomic mass is 79.9. The van der Waals surface area contributed by atoms with E-state index in [-0.39, 0.29) is 18.1 Å². The highest BCUT2D eigenvalue weighted by Gasteiger charge is 2.29. The van der Waals surface area contributed by atoms with E-state index < -0.39 is 5.97 Å². The molecule has 0 spiro atoms. The molecular formula is C10H9BrO3S2. The number of Topliss-reactive ketones (excluding diaryl/α,β-unsaturated/α-hetero) is 1. The maximum Gasteiger partial charge on any atom is 0.304 e. The van der Waals surface area contributed by atoms with Crippen molar-refractivity contribution in [2.45, 2.75) is 17.1 Å². The summed E-state index contributed by atoms with van der Waals surface area (Å²) in [5.41, 5.74) is 0.686. The zero-order valence-electron chi connectivity index (χ0n) is 8.23. The molecule has 1 aliphatic rings. The number of thiophene rings is 1. The molecule has 1 N–H and O–H groups in total. The highest BCUT2D eigenvalue weighted by molar-refractivity contribution is 9.11. The van der Waals surface area contributed by atoms with E-state index in [0.29, 0.717) is 12.0 Å². The molecule has 3 nitrogen and oxygen atoms in total. The van der Waals surface area contributed by atoms with Crippen LogP contribution in [0.15, 0.2) is 14.1 Å². The van der Waals surface area contributed by atoms with E-state index in [1.807, 2.05) is 0 Å². The molecule has 1 aromatic heterocycles. The fourth-order valence-electron chi connectivity index (χ4n) is 1.67. The lowest BCUT2D eigenvalue weighted by Gasteiger charge is -2.08. The number of carbonyl (C=O) groups excluding carboxylic acids is 1. The predicted octanol–water partition coefficient (Wildman–Crippen LogP) is 3.28. The number of rotatable bonds is 2. The maximum absolute atomic E-state index is 12.1. The van der Waals surface area contributed by atoms with Gasteiger partial charge in [0.05, 0.1) is 14.4 Å². The Balaban J connectivity index is 2.29. The maximum atomic E-state index is 12.1.